The van der Waals surface area contributed by atoms with Gasteiger partial charge in [0.1, 0.15) is 5.69 Å². The molecule has 0 aliphatic carbocycles. The van der Waals surface area contributed by atoms with Crippen LogP contribution in [0, 0.1) is 0 Å². The van der Waals surface area contributed by atoms with Gasteiger partial charge in [0, 0.05) is 43.3 Å². The molecule has 21 heavy (non-hydrogen) atoms. The smallest absolute Gasteiger partial charge is 0.272 e. The fourth-order valence-corrected chi connectivity index (χ4v) is 3.49. The molecule has 1 aliphatic rings. The van der Waals surface area contributed by atoms with E-state index in [1.807, 2.05) is 17.0 Å². The molecule has 0 aromatic carbocycles. The quantitative estimate of drug-likeness (QED) is 0.874. The van der Waals surface area contributed by atoms with Gasteiger partial charge in [-0.25, -0.2) is 0 Å². The Hall–Kier alpha value is -1.72. The van der Waals surface area contributed by atoms with Crippen LogP contribution in [0.2, 0.25) is 0 Å². The first-order valence-corrected chi connectivity index (χ1v) is 8.11. The maximum atomic E-state index is 12.4. The van der Waals surface area contributed by atoms with E-state index in [4.69, 9.17) is 0 Å². The number of rotatable bonds is 3. The van der Waals surface area contributed by atoms with Crippen LogP contribution in [0.5, 0.6) is 0 Å². The number of carbonyl (C=O) groups is 1. The van der Waals surface area contributed by atoms with Crippen LogP contribution < -0.4 is 0 Å². The van der Waals surface area contributed by atoms with Crippen LogP contribution in [0.4, 0.5) is 0 Å². The molecular weight excluding hydrogens is 282 g/mol. The van der Waals surface area contributed by atoms with E-state index in [1.165, 1.54) is 4.88 Å². The van der Waals surface area contributed by atoms with Gasteiger partial charge in [-0.2, -0.15) is 0 Å². The van der Waals surface area contributed by atoms with Crippen LogP contribution in [-0.4, -0.2) is 46.9 Å². The second kappa shape index (κ2) is 6.37. The summed E-state index contributed by atoms with van der Waals surface area (Å²) < 4.78 is 0. The Kier molecular flexibility index (Phi) is 4.31. The molecule has 3 rings (SSSR count). The van der Waals surface area contributed by atoms with Gasteiger partial charge in [-0.05, 0) is 30.5 Å². The van der Waals surface area contributed by atoms with Crippen molar-refractivity contribution in [2.45, 2.75) is 13.0 Å². The molecule has 110 valence electrons. The van der Waals surface area contributed by atoms with E-state index < -0.39 is 0 Å². The van der Waals surface area contributed by atoms with Crippen LogP contribution in [0.25, 0.3) is 0 Å². The topological polar surface area (TPSA) is 36.4 Å². The summed E-state index contributed by atoms with van der Waals surface area (Å²) in [6.07, 6.45) is 1.67. The van der Waals surface area contributed by atoms with Crippen LogP contribution in [-0.2, 0) is 0 Å². The number of piperazine rings is 1. The molecule has 2 aromatic heterocycles. The summed E-state index contributed by atoms with van der Waals surface area (Å²) in [4.78, 5) is 22.2. The van der Waals surface area contributed by atoms with E-state index in [2.05, 4.69) is 34.3 Å². The normalized spacial score (nSPS) is 17.7. The minimum Gasteiger partial charge on any atom is -0.335 e. The molecule has 0 bridgehead atoms. The summed E-state index contributed by atoms with van der Waals surface area (Å²) >= 11 is 1.80. The number of hydrogen-bond donors (Lipinski definition) is 0. The number of hydrogen-bond acceptors (Lipinski definition) is 4. The molecule has 1 unspecified atom stereocenters. The molecule has 0 spiro atoms. The Morgan fingerprint density at radius 2 is 2.00 bits per heavy atom. The molecule has 1 fully saturated rings. The van der Waals surface area contributed by atoms with Crippen molar-refractivity contribution in [2.24, 2.45) is 0 Å². The van der Waals surface area contributed by atoms with Crippen molar-refractivity contribution < 1.29 is 4.79 Å². The predicted octanol–water partition coefficient (Wildman–Crippen LogP) is 2.66. The zero-order chi connectivity index (χ0) is 14.7. The van der Waals surface area contributed by atoms with Crippen LogP contribution in [0.15, 0.2) is 41.9 Å². The third-order valence-corrected chi connectivity index (χ3v) is 5.03. The largest absolute Gasteiger partial charge is 0.335 e. The monoisotopic (exact) mass is 301 g/mol. The van der Waals surface area contributed by atoms with Gasteiger partial charge in [-0.15, -0.1) is 11.3 Å². The molecule has 3 heterocycles. The molecule has 5 heteroatoms. The summed E-state index contributed by atoms with van der Waals surface area (Å²) in [6, 6.07) is 10.2. The van der Waals surface area contributed by atoms with Crippen LogP contribution >= 0.6 is 11.3 Å². The van der Waals surface area contributed by atoms with E-state index >= 15 is 0 Å². The van der Waals surface area contributed by atoms with Crippen molar-refractivity contribution in [3.8, 4) is 0 Å². The van der Waals surface area contributed by atoms with Crippen molar-refractivity contribution >= 4 is 17.2 Å². The summed E-state index contributed by atoms with van der Waals surface area (Å²) in [5.74, 6) is 0.0408. The number of aromatic nitrogens is 1. The Balaban J connectivity index is 1.59. The maximum Gasteiger partial charge on any atom is 0.272 e. The fraction of sp³-hybridized carbons (Fsp3) is 0.375. The van der Waals surface area contributed by atoms with Crippen molar-refractivity contribution in [3.05, 3.63) is 52.5 Å². The highest BCUT2D eigenvalue weighted by Gasteiger charge is 2.26. The van der Waals surface area contributed by atoms with E-state index in [0.717, 1.165) is 26.2 Å². The standard InChI is InChI=1S/C16H19N3OS/c1-13(15-6-4-12-21-15)18-8-10-19(11-9-18)16(20)14-5-2-3-7-17-14/h2-7,12-13H,8-11H2,1H3. The van der Waals surface area contributed by atoms with Crippen molar-refractivity contribution in [1.29, 1.82) is 0 Å². The number of nitrogens with zero attached hydrogens (tertiary/aromatic N) is 3. The summed E-state index contributed by atoms with van der Waals surface area (Å²) in [5.41, 5.74) is 0.539. The van der Waals surface area contributed by atoms with Gasteiger partial charge in [0.15, 0.2) is 0 Å². The molecule has 1 amide bonds. The van der Waals surface area contributed by atoms with Gasteiger partial charge in [-0.1, -0.05) is 12.1 Å². The molecule has 4 nitrogen and oxygen atoms in total. The lowest BCUT2D eigenvalue weighted by atomic mass is 10.2. The highest BCUT2D eigenvalue weighted by atomic mass is 32.1. The first-order valence-electron chi connectivity index (χ1n) is 7.23. The third kappa shape index (κ3) is 3.14. The Labute approximate surface area is 129 Å². The Morgan fingerprint density at radius 1 is 1.19 bits per heavy atom. The first-order chi connectivity index (χ1) is 10.3. The summed E-state index contributed by atoms with van der Waals surface area (Å²) in [6.45, 7) is 5.60. The van der Waals surface area contributed by atoms with Gasteiger partial charge in [0.25, 0.3) is 5.91 Å². The molecule has 0 N–H and O–H groups in total. The van der Waals surface area contributed by atoms with Gasteiger partial charge in [0.05, 0.1) is 0 Å². The van der Waals surface area contributed by atoms with Crippen molar-refractivity contribution in [3.63, 3.8) is 0 Å². The Morgan fingerprint density at radius 3 is 2.62 bits per heavy atom. The highest BCUT2D eigenvalue weighted by Crippen LogP contribution is 2.25. The van der Waals surface area contributed by atoms with E-state index in [9.17, 15) is 4.79 Å². The lowest BCUT2D eigenvalue weighted by molar-refractivity contribution is 0.0579. The number of amides is 1. The molecular formula is C16H19N3OS. The number of carbonyl (C=O) groups excluding carboxylic acids is 1. The molecule has 1 atom stereocenters. The lowest BCUT2D eigenvalue weighted by Crippen LogP contribution is -2.49. The SMILES string of the molecule is CC(c1cccs1)N1CCN(C(=O)c2ccccn2)CC1. The maximum absolute atomic E-state index is 12.4. The first kappa shape index (κ1) is 14.2. The van der Waals surface area contributed by atoms with E-state index in [1.54, 1.807) is 23.6 Å². The third-order valence-electron chi connectivity index (χ3n) is 3.99. The van der Waals surface area contributed by atoms with E-state index in [0.29, 0.717) is 11.7 Å². The number of thiophene rings is 1. The van der Waals surface area contributed by atoms with Crippen LogP contribution in [0.1, 0.15) is 28.3 Å². The van der Waals surface area contributed by atoms with Gasteiger partial charge >= 0.3 is 0 Å². The second-order valence-corrected chi connectivity index (χ2v) is 6.21. The summed E-state index contributed by atoms with van der Waals surface area (Å²) in [7, 11) is 0. The van der Waals surface area contributed by atoms with Crippen LogP contribution in [0.3, 0.4) is 0 Å². The van der Waals surface area contributed by atoms with Gasteiger partial charge in [-0.3, -0.25) is 14.7 Å². The second-order valence-electron chi connectivity index (χ2n) is 5.23. The minimum atomic E-state index is 0.0408. The zero-order valence-electron chi connectivity index (χ0n) is 12.1. The molecule has 0 saturated carbocycles. The molecule has 0 radical (unpaired) electrons. The fourth-order valence-electron chi connectivity index (χ4n) is 2.67. The lowest BCUT2D eigenvalue weighted by Gasteiger charge is -2.37. The summed E-state index contributed by atoms with van der Waals surface area (Å²) in [5, 5.41) is 2.12. The molecule has 2 aromatic rings. The van der Waals surface area contributed by atoms with E-state index in [-0.39, 0.29) is 5.91 Å². The molecule has 1 aliphatic heterocycles. The van der Waals surface area contributed by atoms with Gasteiger partial charge < -0.3 is 4.90 Å². The Bertz CT molecular complexity index is 577. The average molecular weight is 301 g/mol. The predicted molar refractivity (Wildman–Crippen MR) is 84.4 cm³/mol. The minimum absolute atomic E-state index is 0.0408. The van der Waals surface area contributed by atoms with Gasteiger partial charge in [0.2, 0.25) is 0 Å². The van der Waals surface area contributed by atoms with Crippen molar-refractivity contribution in [1.82, 2.24) is 14.8 Å². The average Bonchev–Trinajstić information content (AvgIpc) is 3.09. The molecule has 1 saturated heterocycles. The van der Waals surface area contributed by atoms with Crippen molar-refractivity contribution in [2.75, 3.05) is 26.2 Å². The highest BCUT2D eigenvalue weighted by molar-refractivity contribution is 7.10. The zero-order valence-corrected chi connectivity index (χ0v) is 12.9. The number of pyridine rings is 1.